The molecular weight excluding hydrogens is 323 g/mol. The standard InChI is InChI=1S/C12H9BrCl2N2/c1-7-11(14)16-10(17-12(7)15)6-8-2-4-9(13)5-3-8/h2-5H,6H2,1H3. The molecule has 0 N–H and O–H groups in total. The monoisotopic (exact) mass is 330 g/mol. The lowest BCUT2D eigenvalue weighted by Gasteiger charge is -2.05. The fourth-order valence-corrected chi connectivity index (χ4v) is 2.06. The average molecular weight is 332 g/mol. The van der Waals surface area contributed by atoms with E-state index in [-0.39, 0.29) is 0 Å². The Hall–Kier alpha value is -0.640. The maximum atomic E-state index is 5.97. The number of hydrogen-bond donors (Lipinski definition) is 0. The second-order valence-corrected chi connectivity index (χ2v) is 5.28. The molecule has 0 aliphatic rings. The van der Waals surface area contributed by atoms with E-state index in [9.17, 15) is 0 Å². The van der Waals surface area contributed by atoms with Crippen LogP contribution in [0.5, 0.6) is 0 Å². The molecule has 2 aromatic rings. The number of hydrogen-bond acceptors (Lipinski definition) is 2. The molecule has 0 atom stereocenters. The Morgan fingerprint density at radius 1 is 1.06 bits per heavy atom. The third-order valence-corrected chi connectivity index (χ3v) is 3.61. The number of benzene rings is 1. The topological polar surface area (TPSA) is 25.8 Å². The SMILES string of the molecule is Cc1c(Cl)nc(Cc2ccc(Br)cc2)nc1Cl. The van der Waals surface area contributed by atoms with E-state index in [0.717, 1.165) is 10.0 Å². The Morgan fingerprint density at radius 3 is 2.12 bits per heavy atom. The minimum atomic E-state index is 0.414. The van der Waals surface area contributed by atoms with E-state index in [0.29, 0.717) is 28.1 Å². The van der Waals surface area contributed by atoms with Crippen LogP contribution in [0.25, 0.3) is 0 Å². The third-order valence-electron chi connectivity index (χ3n) is 2.35. The Kier molecular flexibility index (Phi) is 4.02. The highest BCUT2D eigenvalue weighted by Crippen LogP contribution is 2.21. The normalized spacial score (nSPS) is 10.6. The van der Waals surface area contributed by atoms with Gasteiger partial charge in [0.25, 0.3) is 0 Å². The lowest BCUT2D eigenvalue weighted by atomic mass is 10.1. The predicted octanol–water partition coefficient (Wildman–Crippen LogP) is 4.45. The number of rotatable bonds is 2. The molecule has 2 nitrogen and oxygen atoms in total. The zero-order valence-electron chi connectivity index (χ0n) is 9.04. The molecule has 2 rings (SSSR count). The summed E-state index contributed by atoms with van der Waals surface area (Å²) >= 11 is 15.3. The van der Waals surface area contributed by atoms with Crippen LogP contribution in [0.15, 0.2) is 28.7 Å². The summed E-state index contributed by atoms with van der Waals surface area (Å²) in [5.41, 5.74) is 1.83. The van der Waals surface area contributed by atoms with Crippen LogP contribution >= 0.6 is 39.1 Å². The predicted molar refractivity (Wildman–Crippen MR) is 73.7 cm³/mol. The van der Waals surface area contributed by atoms with E-state index in [1.54, 1.807) is 6.92 Å². The van der Waals surface area contributed by atoms with Gasteiger partial charge in [-0.2, -0.15) is 0 Å². The molecule has 1 heterocycles. The van der Waals surface area contributed by atoms with E-state index in [1.165, 1.54) is 0 Å². The smallest absolute Gasteiger partial charge is 0.137 e. The molecule has 0 unspecified atom stereocenters. The zero-order chi connectivity index (χ0) is 12.4. The van der Waals surface area contributed by atoms with Crippen molar-refractivity contribution in [2.24, 2.45) is 0 Å². The van der Waals surface area contributed by atoms with Gasteiger partial charge >= 0.3 is 0 Å². The number of aromatic nitrogens is 2. The number of nitrogens with zero attached hydrogens (tertiary/aromatic N) is 2. The molecule has 1 aromatic carbocycles. The van der Waals surface area contributed by atoms with E-state index < -0.39 is 0 Å². The molecule has 0 amide bonds. The summed E-state index contributed by atoms with van der Waals surface area (Å²) in [6.07, 6.45) is 0.618. The van der Waals surface area contributed by atoms with Gasteiger partial charge < -0.3 is 0 Å². The van der Waals surface area contributed by atoms with Crippen LogP contribution in [0, 0.1) is 6.92 Å². The molecule has 0 saturated heterocycles. The molecular formula is C12H9BrCl2N2. The summed E-state index contributed by atoms with van der Waals surface area (Å²) in [5.74, 6) is 0.632. The van der Waals surface area contributed by atoms with E-state index >= 15 is 0 Å². The zero-order valence-corrected chi connectivity index (χ0v) is 12.1. The molecule has 0 aliphatic heterocycles. The summed E-state index contributed by atoms with van der Waals surface area (Å²) in [5, 5.41) is 0.828. The van der Waals surface area contributed by atoms with E-state index in [2.05, 4.69) is 25.9 Å². The molecule has 0 aliphatic carbocycles. The first-order chi connectivity index (χ1) is 8.06. The maximum absolute atomic E-state index is 5.97. The second kappa shape index (κ2) is 5.34. The van der Waals surface area contributed by atoms with Crippen molar-refractivity contribution >= 4 is 39.1 Å². The molecule has 0 bridgehead atoms. The summed E-state index contributed by atoms with van der Waals surface area (Å²) in [7, 11) is 0. The minimum Gasteiger partial charge on any atom is -0.220 e. The van der Waals surface area contributed by atoms with Crippen molar-refractivity contribution in [3.63, 3.8) is 0 Å². The molecule has 17 heavy (non-hydrogen) atoms. The van der Waals surface area contributed by atoms with Crippen molar-refractivity contribution in [2.75, 3.05) is 0 Å². The summed E-state index contributed by atoms with van der Waals surface area (Å²) in [6, 6.07) is 7.98. The fraction of sp³-hybridized carbons (Fsp3) is 0.167. The molecule has 0 saturated carbocycles. The van der Waals surface area contributed by atoms with Crippen LogP contribution in [0.2, 0.25) is 10.3 Å². The largest absolute Gasteiger partial charge is 0.220 e. The van der Waals surface area contributed by atoms with Crippen molar-refractivity contribution in [3.05, 3.63) is 56.0 Å². The van der Waals surface area contributed by atoms with Gasteiger partial charge in [-0.05, 0) is 24.6 Å². The summed E-state index contributed by atoms with van der Waals surface area (Å²) < 4.78 is 1.04. The first-order valence-electron chi connectivity index (χ1n) is 4.99. The van der Waals surface area contributed by atoms with Crippen LogP contribution in [-0.4, -0.2) is 9.97 Å². The van der Waals surface area contributed by atoms with Crippen LogP contribution in [0.1, 0.15) is 17.0 Å². The molecule has 0 spiro atoms. The highest BCUT2D eigenvalue weighted by molar-refractivity contribution is 9.10. The third kappa shape index (κ3) is 3.18. The van der Waals surface area contributed by atoms with Gasteiger partial charge in [0, 0.05) is 16.5 Å². The number of halogens is 3. The maximum Gasteiger partial charge on any atom is 0.137 e. The van der Waals surface area contributed by atoms with E-state index in [4.69, 9.17) is 23.2 Å². The molecule has 1 aromatic heterocycles. The van der Waals surface area contributed by atoms with Crippen molar-refractivity contribution in [3.8, 4) is 0 Å². The van der Waals surface area contributed by atoms with Gasteiger partial charge in [-0.3, -0.25) is 0 Å². The Labute approximate surface area is 118 Å². The highest BCUT2D eigenvalue weighted by Gasteiger charge is 2.07. The average Bonchev–Trinajstić information content (AvgIpc) is 2.29. The molecule has 0 fully saturated rings. The van der Waals surface area contributed by atoms with Crippen LogP contribution in [-0.2, 0) is 6.42 Å². The first kappa shape index (κ1) is 12.8. The Balaban J connectivity index is 2.27. The van der Waals surface area contributed by atoms with Crippen molar-refractivity contribution in [1.82, 2.24) is 9.97 Å². The molecule has 5 heteroatoms. The van der Waals surface area contributed by atoms with E-state index in [1.807, 2.05) is 24.3 Å². The lowest BCUT2D eigenvalue weighted by Crippen LogP contribution is -1.99. The Morgan fingerprint density at radius 2 is 1.59 bits per heavy atom. The van der Waals surface area contributed by atoms with Crippen molar-refractivity contribution in [1.29, 1.82) is 0 Å². The Bertz CT molecular complexity index is 518. The van der Waals surface area contributed by atoms with Gasteiger partial charge in [-0.25, -0.2) is 9.97 Å². The quantitative estimate of drug-likeness (QED) is 0.760. The van der Waals surface area contributed by atoms with Crippen LogP contribution in [0.4, 0.5) is 0 Å². The van der Waals surface area contributed by atoms with Crippen molar-refractivity contribution < 1.29 is 0 Å². The van der Waals surface area contributed by atoms with Gasteiger partial charge in [-0.1, -0.05) is 51.3 Å². The van der Waals surface area contributed by atoms with Gasteiger partial charge in [0.05, 0.1) is 0 Å². The fourth-order valence-electron chi connectivity index (χ4n) is 1.37. The van der Waals surface area contributed by atoms with Gasteiger partial charge in [0.15, 0.2) is 0 Å². The van der Waals surface area contributed by atoms with Gasteiger partial charge in [0.1, 0.15) is 16.1 Å². The first-order valence-corrected chi connectivity index (χ1v) is 6.54. The minimum absolute atomic E-state index is 0.414. The van der Waals surface area contributed by atoms with Crippen molar-refractivity contribution in [2.45, 2.75) is 13.3 Å². The van der Waals surface area contributed by atoms with Crippen LogP contribution < -0.4 is 0 Å². The second-order valence-electron chi connectivity index (χ2n) is 3.65. The summed E-state index contributed by atoms with van der Waals surface area (Å²) in [4.78, 5) is 8.42. The molecule has 88 valence electrons. The molecule has 0 radical (unpaired) electrons. The highest BCUT2D eigenvalue weighted by atomic mass is 79.9. The van der Waals surface area contributed by atoms with Gasteiger partial charge in [-0.15, -0.1) is 0 Å². The summed E-state index contributed by atoms with van der Waals surface area (Å²) in [6.45, 7) is 1.80. The lowest BCUT2D eigenvalue weighted by molar-refractivity contribution is 0.956. The van der Waals surface area contributed by atoms with Gasteiger partial charge in [0.2, 0.25) is 0 Å². The van der Waals surface area contributed by atoms with Crippen LogP contribution in [0.3, 0.4) is 0 Å².